The molecule has 0 saturated carbocycles. The summed E-state index contributed by atoms with van der Waals surface area (Å²) in [5.74, 6) is 0.958. The van der Waals surface area contributed by atoms with Gasteiger partial charge in [0.25, 0.3) is 0 Å². The van der Waals surface area contributed by atoms with Crippen LogP contribution in [-0.4, -0.2) is 26.5 Å². The quantitative estimate of drug-likeness (QED) is 0.719. The summed E-state index contributed by atoms with van der Waals surface area (Å²) in [6.45, 7) is 1.14. The Morgan fingerprint density at radius 3 is 2.76 bits per heavy atom. The Hall–Kier alpha value is -1.59. The van der Waals surface area contributed by atoms with Gasteiger partial charge in [-0.25, -0.2) is 19.9 Å². The van der Waals surface area contributed by atoms with Gasteiger partial charge in [-0.2, -0.15) is 0 Å². The van der Waals surface area contributed by atoms with E-state index in [0.717, 1.165) is 17.7 Å². The van der Waals surface area contributed by atoms with Gasteiger partial charge < -0.3 is 4.74 Å². The maximum Gasteiger partial charge on any atom is 0.199 e. The van der Waals surface area contributed by atoms with E-state index in [2.05, 4.69) is 19.9 Å². The molecule has 3 heterocycles. The van der Waals surface area contributed by atoms with E-state index in [4.69, 9.17) is 16.3 Å². The van der Waals surface area contributed by atoms with E-state index in [0.29, 0.717) is 30.0 Å². The maximum absolute atomic E-state index is 6.11. The number of nitrogens with zero attached hydrogens (tertiary/aromatic N) is 4. The van der Waals surface area contributed by atoms with Crippen molar-refractivity contribution < 1.29 is 4.74 Å². The fraction of sp³-hybridized carbons (Fsp3) is 0.273. The molecule has 0 aliphatic carbocycles. The predicted molar refractivity (Wildman–Crippen MR) is 61.4 cm³/mol. The van der Waals surface area contributed by atoms with Crippen LogP contribution in [0.15, 0.2) is 18.5 Å². The lowest BCUT2D eigenvalue weighted by Crippen LogP contribution is -2.14. The molecule has 0 bridgehead atoms. The van der Waals surface area contributed by atoms with Crippen LogP contribution in [0.4, 0.5) is 0 Å². The summed E-state index contributed by atoms with van der Waals surface area (Å²) in [4.78, 5) is 16.9. The van der Waals surface area contributed by atoms with Crippen LogP contribution in [0.2, 0.25) is 5.15 Å². The SMILES string of the molecule is Clc1nc(-c2ncccn2)nc2c1COCC2. The molecular formula is C11H9ClN4O. The third kappa shape index (κ3) is 1.99. The van der Waals surface area contributed by atoms with Crippen molar-refractivity contribution in [2.75, 3.05) is 6.61 Å². The minimum atomic E-state index is 0.428. The molecule has 0 radical (unpaired) electrons. The van der Waals surface area contributed by atoms with Crippen LogP contribution in [0, 0.1) is 0 Å². The Morgan fingerprint density at radius 2 is 1.94 bits per heavy atom. The van der Waals surface area contributed by atoms with Gasteiger partial charge in [0.15, 0.2) is 11.6 Å². The van der Waals surface area contributed by atoms with Gasteiger partial charge in [0.2, 0.25) is 0 Å². The molecule has 0 atom stereocenters. The van der Waals surface area contributed by atoms with Crippen molar-refractivity contribution >= 4 is 11.6 Å². The lowest BCUT2D eigenvalue weighted by atomic mass is 10.1. The van der Waals surface area contributed by atoms with Crippen LogP contribution < -0.4 is 0 Å². The van der Waals surface area contributed by atoms with E-state index >= 15 is 0 Å². The van der Waals surface area contributed by atoms with Crippen LogP contribution in [0.1, 0.15) is 11.3 Å². The van der Waals surface area contributed by atoms with E-state index < -0.39 is 0 Å². The summed E-state index contributed by atoms with van der Waals surface area (Å²) in [5, 5.41) is 0.428. The molecule has 0 fully saturated rings. The van der Waals surface area contributed by atoms with Gasteiger partial charge >= 0.3 is 0 Å². The molecule has 0 aromatic carbocycles. The van der Waals surface area contributed by atoms with Gasteiger partial charge in [-0.05, 0) is 6.07 Å². The van der Waals surface area contributed by atoms with Gasteiger partial charge in [0.05, 0.1) is 18.9 Å². The monoisotopic (exact) mass is 248 g/mol. The first-order valence-electron chi connectivity index (χ1n) is 5.25. The van der Waals surface area contributed by atoms with Crippen LogP contribution >= 0.6 is 11.6 Å². The number of hydrogen-bond donors (Lipinski definition) is 0. The minimum absolute atomic E-state index is 0.428. The normalized spacial score (nSPS) is 14.4. The lowest BCUT2D eigenvalue weighted by Gasteiger charge is -2.16. The molecule has 1 aliphatic heterocycles. The van der Waals surface area contributed by atoms with Crippen LogP contribution in [0.3, 0.4) is 0 Å². The Bertz CT molecular complexity index is 547. The third-order valence-electron chi connectivity index (χ3n) is 2.54. The summed E-state index contributed by atoms with van der Waals surface area (Å²) in [6, 6.07) is 1.75. The first kappa shape index (κ1) is 10.6. The highest BCUT2D eigenvalue weighted by atomic mass is 35.5. The Morgan fingerprint density at radius 1 is 1.12 bits per heavy atom. The molecule has 1 aliphatic rings. The number of hydrogen-bond acceptors (Lipinski definition) is 5. The number of fused-ring (bicyclic) bond motifs is 1. The molecule has 2 aromatic heterocycles. The molecule has 0 N–H and O–H groups in total. The fourth-order valence-corrected chi connectivity index (χ4v) is 1.95. The zero-order chi connectivity index (χ0) is 11.7. The summed E-state index contributed by atoms with van der Waals surface area (Å²) in [6.07, 6.45) is 4.06. The van der Waals surface area contributed by atoms with E-state index in [1.807, 2.05) is 0 Å². The average Bonchev–Trinajstić information content (AvgIpc) is 2.40. The highest BCUT2D eigenvalue weighted by molar-refractivity contribution is 6.30. The molecular weight excluding hydrogens is 240 g/mol. The van der Waals surface area contributed by atoms with Crippen LogP contribution in [0.5, 0.6) is 0 Å². The third-order valence-corrected chi connectivity index (χ3v) is 2.85. The Kier molecular flexibility index (Phi) is 2.70. The second-order valence-electron chi connectivity index (χ2n) is 3.64. The zero-order valence-corrected chi connectivity index (χ0v) is 9.68. The number of aromatic nitrogens is 4. The topological polar surface area (TPSA) is 60.8 Å². The van der Waals surface area contributed by atoms with Gasteiger partial charge in [-0.3, -0.25) is 0 Å². The largest absolute Gasteiger partial charge is 0.376 e. The van der Waals surface area contributed by atoms with Gasteiger partial charge in [0.1, 0.15) is 5.15 Å². The van der Waals surface area contributed by atoms with Gasteiger partial charge in [-0.1, -0.05) is 11.6 Å². The average molecular weight is 249 g/mol. The molecule has 17 heavy (non-hydrogen) atoms. The summed E-state index contributed by atoms with van der Waals surface area (Å²) in [5.41, 5.74) is 1.80. The highest BCUT2D eigenvalue weighted by Gasteiger charge is 2.18. The van der Waals surface area contributed by atoms with Crippen molar-refractivity contribution in [3.8, 4) is 11.6 Å². The lowest BCUT2D eigenvalue weighted by molar-refractivity contribution is 0.109. The summed E-state index contributed by atoms with van der Waals surface area (Å²) < 4.78 is 5.33. The minimum Gasteiger partial charge on any atom is -0.376 e. The van der Waals surface area contributed by atoms with Crippen molar-refractivity contribution in [3.05, 3.63) is 34.9 Å². The van der Waals surface area contributed by atoms with Gasteiger partial charge in [0, 0.05) is 24.4 Å². The van der Waals surface area contributed by atoms with E-state index in [9.17, 15) is 0 Å². The predicted octanol–water partition coefficient (Wildman–Crippen LogP) is 1.66. The first-order valence-corrected chi connectivity index (χ1v) is 5.63. The zero-order valence-electron chi connectivity index (χ0n) is 8.93. The van der Waals surface area contributed by atoms with Crippen LogP contribution in [-0.2, 0) is 17.8 Å². The standard InChI is InChI=1S/C11H9ClN4O/c12-9-7-6-17-5-2-8(7)15-11(16-9)10-13-3-1-4-14-10/h1,3-4H,2,5-6H2. The second-order valence-corrected chi connectivity index (χ2v) is 4.00. The van der Waals surface area contributed by atoms with E-state index in [1.54, 1.807) is 18.5 Å². The molecule has 0 saturated heterocycles. The van der Waals surface area contributed by atoms with Crippen molar-refractivity contribution in [1.82, 2.24) is 19.9 Å². The molecule has 3 rings (SSSR count). The Balaban J connectivity index is 2.11. The highest BCUT2D eigenvalue weighted by Crippen LogP contribution is 2.24. The van der Waals surface area contributed by atoms with Crippen molar-refractivity contribution in [1.29, 1.82) is 0 Å². The molecule has 5 nitrogen and oxygen atoms in total. The second kappa shape index (κ2) is 4.35. The number of ether oxygens (including phenoxy) is 1. The van der Waals surface area contributed by atoms with E-state index in [-0.39, 0.29) is 0 Å². The molecule has 6 heteroatoms. The smallest absolute Gasteiger partial charge is 0.199 e. The van der Waals surface area contributed by atoms with Crippen LogP contribution in [0.25, 0.3) is 11.6 Å². The summed E-state index contributed by atoms with van der Waals surface area (Å²) in [7, 11) is 0. The van der Waals surface area contributed by atoms with Gasteiger partial charge in [-0.15, -0.1) is 0 Å². The molecule has 0 unspecified atom stereocenters. The van der Waals surface area contributed by atoms with Crippen molar-refractivity contribution in [2.45, 2.75) is 13.0 Å². The first-order chi connectivity index (χ1) is 8.34. The number of halogens is 1. The number of rotatable bonds is 1. The molecule has 86 valence electrons. The summed E-state index contributed by atoms with van der Waals surface area (Å²) >= 11 is 6.11. The fourth-order valence-electron chi connectivity index (χ4n) is 1.71. The Labute approximate surface area is 103 Å². The van der Waals surface area contributed by atoms with Crippen molar-refractivity contribution in [3.63, 3.8) is 0 Å². The molecule has 0 spiro atoms. The molecule has 2 aromatic rings. The van der Waals surface area contributed by atoms with Crippen molar-refractivity contribution in [2.24, 2.45) is 0 Å². The molecule has 0 amide bonds. The van der Waals surface area contributed by atoms with E-state index in [1.165, 1.54) is 0 Å². The maximum atomic E-state index is 6.11.